The van der Waals surface area contributed by atoms with Gasteiger partial charge in [-0.3, -0.25) is 0 Å². The van der Waals surface area contributed by atoms with Crippen LogP contribution in [0.1, 0.15) is 12.0 Å². The first-order valence-corrected chi connectivity index (χ1v) is 10.2. The summed E-state index contributed by atoms with van der Waals surface area (Å²) in [5.74, 6) is 2.00. The Hall–Kier alpha value is -0.880. The molecule has 0 bridgehead atoms. The Morgan fingerprint density at radius 3 is 2.12 bits per heavy atom. The van der Waals surface area contributed by atoms with Crippen molar-refractivity contribution in [2.24, 2.45) is 11.8 Å². The van der Waals surface area contributed by atoms with Crippen LogP contribution in [0.25, 0.3) is 0 Å². The molecule has 2 aromatic rings. The third-order valence-electron chi connectivity index (χ3n) is 4.37. The van der Waals surface area contributed by atoms with Gasteiger partial charge in [0.1, 0.15) is 5.75 Å². The summed E-state index contributed by atoms with van der Waals surface area (Å²) in [7, 11) is 0. The van der Waals surface area contributed by atoms with E-state index in [1.54, 1.807) is 0 Å². The topological polar surface area (TPSA) is 30.5 Å². The summed E-state index contributed by atoms with van der Waals surface area (Å²) in [5.41, 5.74) is 1.21. The summed E-state index contributed by atoms with van der Waals surface area (Å²) < 4.78 is 14.0. The number of ether oxygens (including phenoxy) is 2. The average molecular weight is 469 g/mol. The Kier molecular flexibility index (Phi) is 7.35. The molecule has 0 spiro atoms. The first kappa shape index (κ1) is 18.9. The fourth-order valence-electron chi connectivity index (χ4n) is 3.05. The summed E-state index contributed by atoms with van der Waals surface area (Å²) in [6, 6.07) is 16.3. The van der Waals surface area contributed by atoms with Crippen molar-refractivity contribution in [1.29, 1.82) is 0 Å². The van der Waals surface area contributed by atoms with Gasteiger partial charge in [0.2, 0.25) is 0 Å². The van der Waals surface area contributed by atoms with Crippen LogP contribution in [-0.4, -0.2) is 26.3 Å². The lowest BCUT2D eigenvalue weighted by atomic mass is 9.91. The molecule has 134 valence electrons. The predicted octanol–water partition coefficient (Wildman–Crippen LogP) is 5.03. The van der Waals surface area contributed by atoms with Crippen molar-refractivity contribution in [2.45, 2.75) is 13.0 Å². The van der Waals surface area contributed by atoms with Crippen LogP contribution in [0, 0.1) is 11.8 Å². The maximum Gasteiger partial charge on any atom is 0.119 e. The van der Waals surface area contributed by atoms with Crippen molar-refractivity contribution < 1.29 is 9.47 Å². The molecule has 1 aliphatic rings. The molecule has 1 aliphatic heterocycles. The fraction of sp³-hybridized carbons (Fsp3) is 0.400. The number of nitrogens with one attached hydrogen (secondary N) is 1. The van der Waals surface area contributed by atoms with Crippen LogP contribution in [0.2, 0.25) is 0 Å². The zero-order valence-electron chi connectivity index (χ0n) is 14.1. The van der Waals surface area contributed by atoms with Crippen LogP contribution in [-0.2, 0) is 11.3 Å². The normalized spacial score (nSPS) is 20.4. The molecular weight excluding hydrogens is 446 g/mol. The monoisotopic (exact) mass is 467 g/mol. The van der Waals surface area contributed by atoms with Gasteiger partial charge < -0.3 is 14.8 Å². The van der Waals surface area contributed by atoms with Gasteiger partial charge in [-0.2, -0.15) is 0 Å². The molecule has 0 radical (unpaired) electrons. The first-order chi connectivity index (χ1) is 12.2. The average Bonchev–Trinajstić information content (AvgIpc) is 2.63. The van der Waals surface area contributed by atoms with Crippen LogP contribution in [0.4, 0.5) is 0 Å². The molecule has 0 aliphatic carbocycles. The Labute approximate surface area is 166 Å². The molecule has 0 aromatic heterocycles. The van der Waals surface area contributed by atoms with Gasteiger partial charge >= 0.3 is 0 Å². The second-order valence-corrected chi connectivity index (χ2v) is 8.36. The highest BCUT2D eigenvalue weighted by Gasteiger charge is 2.22. The number of halogens is 2. The highest BCUT2D eigenvalue weighted by Crippen LogP contribution is 2.21. The number of hydrogen-bond donors (Lipinski definition) is 1. The van der Waals surface area contributed by atoms with Crippen molar-refractivity contribution in [1.82, 2.24) is 5.32 Å². The van der Waals surface area contributed by atoms with Gasteiger partial charge in [-0.25, -0.2) is 0 Å². The molecule has 3 rings (SSSR count). The van der Waals surface area contributed by atoms with Crippen molar-refractivity contribution >= 4 is 31.9 Å². The quantitative estimate of drug-likeness (QED) is 0.617. The van der Waals surface area contributed by atoms with Crippen LogP contribution in [0.3, 0.4) is 0 Å². The van der Waals surface area contributed by atoms with Crippen LogP contribution >= 0.6 is 31.9 Å². The molecule has 5 heteroatoms. The van der Waals surface area contributed by atoms with Gasteiger partial charge in [0.25, 0.3) is 0 Å². The number of piperidine rings is 1. The standard InChI is InChI=1S/C20H23Br2NO2/c21-18-3-1-15(2-4-18)12-24-13-16-9-17(11-23-10-16)14-25-20-7-5-19(22)6-8-20/h1-8,16-17,23H,9-14H2. The molecule has 0 saturated carbocycles. The maximum absolute atomic E-state index is 5.93. The van der Waals surface area contributed by atoms with Gasteiger partial charge in [0.15, 0.2) is 0 Å². The molecular formula is C20H23Br2NO2. The molecule has 2 atom stereocenters. The van der Waals surface area contributed by atoms with Crippen LogP contribution in [0.5, 0.6) is 5.75 Å². The highest BCUT2D eigenvalue weighted by atomic mass is 79.9. The zero-order valence-corrected chi connectivity index (χ0v) is 17.3. The van der Waals surface area contributed by atoms with E-state index in [0.717, 1.165) is 47.4 Å². The van der Waals surface area contributed by atoms with E-state index < -0.39 is 0 Å². The summed E-state index contributed by atoms with van der Waals surface area (Å²) in [6.07, 6.45) is 1.14. The van der Waals surface area contributed by atoms with Gasteiger partial charge in [-0.05, 0) is 54.3 Å². The van der Waals surface area contributed by atoms with E-state index in [2.05, 4.69) is 61.4 Å². The lowest BCUT2D eigenvalue weighted by Crippen LogP contribution is -2.40. The summed E-state index contributed by atoms with van der Waals surface area (Å²) in [4.78, 5) is 0. The number of hydrogen-bond acceptors (Lipinski definition) is 3. The van der Waals surface area contributed by atoms with Crippen LogP contribution in [0.15, 0.2) is 57.5 Å². The molecule has 25 heavy (non-hydrogen) atoms. The minimum Gasteiger partial charge on any atom is -0.493 e. The van der Waals surface area contributed by atoms with E-state index >= 15 is 0 Å². The lowest BCUT2D eigenvalue weighted by molar-refractivity contribution is 0.0629. The Morgan fingerprint density at radius 2 is 1.44 bits per heavy atom. The van der Waals surface area contributed by atoms with Crippen molar-refractivity contribution in [3.8, 4) is 5.75 Å². The minimum absolute atomic E-state index is 0.527. The van der Waals surface area contributed by atoms with Crippen molar-refractivity contribution in [3.05, 3.63) is 63.0 Å². The van der Waals surface area contributed by atoms with E-state index in [1.807, 2.05) is 24.3 Å². The minimum atomic E-state index is 0.527. The van der Waals surface area contributed by atoms with E-state index in [9.17, 15) is 0 Å². The van der Waals surface area contributed by atoms with Gasteiger partial charge in [-0.1, -0.05) is 44.0 Å². The first-order valence-electron chi connectivity index (χ1n) is 8.60. The summed E-state index contributed by atoms with van der Waals surface area (Å²) in [6.45, 7) is 4.24. The van der Waals surface area contributed by atoms with Crippen LogP contribution < -0.4 is 10.1 Å². The third kappa shape index (κ3) is 6.41. The van der Waals surface area contributed by atoms with Crippen molar-refractivity contribution in [3.63, 3.8) is 0 Å². The highest BCUT2D eigenvalue weighted by molar-refractivity contribution is 9.10. The van der Waals surface area contributed by atoms with Crippen molar-refractivity contribution in [2.75, 3.05) is 26.3 Å². The van der Waals surface area contributed by atoms with Gasteiger partial charge in [0, 0.05) is 28.0 Å². The van der Waals surface area contributed by atoms with E-state index in [4.69, 9.17) is 9.47 Å². The van der Waals surface area contributed by atoms with E-state index in [1.165, 1.54) is 5.56 Å². The largest absolute Gasteiger partial charge is 0.493 e. The zero-order chi connectivity index (χ0) is 17.5. The molecule has 1 saturated heterocycles. The number of rotatable bonds is 7. The molecule has 0 amide bonds. The molecule has 1 heterocycles. The molecule has 2 aromatic carbocycles. The summed E-state index contributed by atoms with van der Waals surface area (Å²) >= 11 is 6.90. The Bertz CT molecular complexity index is 646. The van der Waals surface area contributed by atoms with Gasteiger partial charge in [-0.15, -0.1) is 0 Å². The van der Waals surface area contributed by atoms with E-state index in [-0.39, 0.29) is 0 Å². The third-order valence-corrected chi connectivity index (χ3v) is 5.42. The predicted molar refractivity (Wildman–Crippen MR) is 108 cm³/mol. The second-order valence-electron chi connectivity index (χ2n) is 6.53. The lowest BCUT2D eigenvalue weighted by Gasteiger charge is -2.29. The Balaban J connectivity index is 1.38. The molecule has 1 fully saturated rings. The second kappa shape index (κ2) is 9.72. The molecule has 3 nitrogen and oxygen atoms in total. The smallest absolute Gasteiger partial charge is 0.119 e. The summed E-state index contributed by atoms with van der Waals surface area (Å²) in [5, 5.41) is 3.51. The number of benzene rings is 2. The molecule has 2 unspecified atom stereocenters. The van der Waals surface area contributed by atoms with E-state index in [0.29, 0.717) is 18.4 Å². The SMILES string of the molecule is Brc1ccc(COCC2CNCC(COc3ccc(Br)cc3)C2)cc1. The molecule has 1 N–H and O–H groups in total. The van der Waals surface area contributed by atoms with Gasteiger partial charge in [0.05, 0.1) is 19.8 Å². The fourth-order valence-corrected chi connectivity index (χ4v) is 3.58. The Morgan fingerprint density at radius 1 is 0.840 bits per heavy atom. The maximum atomic E-state index is 5.93.